The minimum atomic E-state index is -1.11. The minimum absolute atomic E-state index is 0.0615. The Balaban J connectivity index is 0. The molecule has 44 heavy (non-hydrogen) atoms. The summed E-state index contributed by atoms with van der Waals surface area (Å²) in [6.07, 6.45) is 12.4. The van der Waals surface area contributed by atoms with Gasteiger partial charge in [-0.2, -0.15) is 0 Å². The lowest BCUT2D eigenvalue weighted by atomic mass is 10.00. The molecular formula is C34H53F2N3O4S. The molecule has 0 aliphatic carbocycles. The topological polar surface area (TPSA) is 122 Å². The summed E-state index contributed by atoms with van der Waals surface area (Å²) in [6, 6.07) is 10.6. The molecule has 0 aromatic heterocycles. The Morgan fingerprint density at radius 1 is 1.00 bits per heavy atom. The first-order valence-corrected chi connectivity index (χ1v) is 16.4. The molecule has 1 amide bonds. The standard InChI is InChI=1S/C29H42F2N2O3S.C2H4O.C2H2.CH5N/c1-4-8-26(9-5-2)37(36)13-12-29(35)33-27(17-23-15-24(30)18-25(31)16-23)28(34)20-32-19-22-11-7-10-21(6-3)14-22;1-2-3;2*1-2/h7,10-11,14-16,18,26-28,32,34H,4-6,8-9,12-13,17,19-20H2,1-3H3,(H,33,35);2H,1H3;1-2H;2H2,1H3/t27-,28+,37?;;;/m0.../s1. The summed E-state index contributed by atoms with van der Waals surface area (Å²) in [5.41, 5.74) is 7.14. The first-order valence-electron chi connectivity index (χ1n) is 15.1. The van der Waals surface area contributed by atoms with Crippen molar-refractivity contribution < 1.29 is 27.7 Å². The predicted molar refractivity (Wildman–Crippen MR) is 178 cm³/mol. The predicted octanol–water partition coefficient (Wildman–Crippen LogP) is 4.84. The number of nitrogens with two attached hydrogens (primary N) is 1. The monoisotopic (exact) mass is 637 g/mol. The number of amides is 1. The molecule has 0 radical (unpaired) electrons. The third kappa shape index (κ3) is 19.3. The second-order valence-corrected chi connectivity index (χ2v) is 11.6. The van der Waals surface area contributed by atoms with E-state index in [1.54, 1.807) is 0 Å². The number of aldehydes is 1. The number of terminal acetylenes is 1. The third-order valence-corrected chi connectivity index (χ3v) is 8.22. The van der Waals surface area contributed by atoms with Gasteiger partial charge in [-0.1, -0.05) is 57.9 Å². The number of hydrogen-bond donors (Lipinski definition) is 4. The number of halogens is 2. The molecule has 0 saturated carbocycles. The van der Waals surface area contributed by atoms with Gasteiger partial charge in [-0.3, -0.25) is 9.00 Å². The van der Waals surface area contributed by atoms with Crippen LogP contribution in [0.1, 0.15) is 76.5 Å². The summed E-state index contributed by atoms with van der Waals surface area (Å²) in [7, 11) is 0.388. The Labute approximate surface area is 266 Å². The lowest BCUT2D eigenvalue weighted by Gasteiger charge is -2.25. The first kappa shape index (κ1) is 43.2. The zero-order chi connectivity index (χ0) is 33.9. The Morgan fingerprint density at radius 2 is 1.55 bits per heavy atom. The maximum absolute atomic E-state index is 13.8. The van der Waals surface area contributed by atoms with Crippen LogP contribution in [0.2, 0.25) is 0 Å². The average molecular weight is 638 g/mol. The number of aryl methyl sites for hydroxylation is 1. The van der Waals surface area contributed by atoms with Crippen LogP contribution >= 0.6 is 0 Å². The number of rotatable bonds is 17. The van der Waals surface area contributed by atoms with Crippen molar-refractivity contribution in [3.63, 3.8) is 0 Å². The van der Waals surface area contributed by atoms with Crippen LogP contribution in [-0.2, 0) is 39.8 Å². The van der Waals surface area contributed by atoms with Crippen molar-refractivity contribution in [3.8, 4) is 12.8 Å². The van der Waals surface area contributed by atoms with Gasteiger partial charge in [0.05, 0.1) is 12.1 Å². The summed E-state index contributed by atoms with van der Waals surface area (Å²) in [4.78, 5) is 21.6. The molecule has 10 heteroatoms. The van der Waals surface area contributed by atoms with Gasteiger partial charge in [0.1, 0.15) is 17.9 Å². The van der Waals surface area contributed by atoms with E-state index in [-0.39, 0.29) is 36.3 Å². The van der Waals surface area contributed by atoms with Crippen molar-refractivity contribution in [1.82, 2.24) is 10.6 Å². The second-order valence-electron chi connectivity index (χ2n) is 9.80. The Bertz CT molecular complexity index is 1070. The molecule has 0 aliphatic rings. The Morgan fingerprint density at radius 3 is 2.07 bits per heavy atom. The highest BCUT2D eigenvalue weighted by molar-refractivity contribution is 7.85. The summed E-state index contributed by atoms with van der Waals surface area (Å²) >= 11 is 0. The molecule has 0 saturated heterocycles. The van der Waals surface area contributed by atoms with Gasteiger partial charge in [0, 0.05) is 47.4 Å². The average Bonchev–Trinajstić information content (AvgIpc) is 3.01. The van der Waals surface area contributed by atoms with E-state index in [0.717, 1.165) is 50.0 Å². The maximum Gasteiger partial charge on any atom is 0.221 e. The third-order valence-electron chi connectivity index (χ3n) is 6.39. The highest BCUT2D eigenvalue weighted by Gasteiger charge is 2.23. The van der Waals surface area contributed by atoms with Gasteiger partial charge < -0.3 is 26.3 Å². The van der Waals surface area contributed by atoms with Crippen LogP contribution in [0.15, 0.2) is 42.5 Å². The molecule has 1 unspecified atom stereocenters. The Kier molecular flexibility index (Phi) is 27.0. The SMILES string of the molecule is C#C.CC=O.CCCC(CCC)S(=O)CCC(=O)N[C@@H](Cc1cc(F)cc(F)c1)[C@H](O)CNCc1cccc(CC)c1.CN. The highest BCUT2D eigenvalue weighted by Crippen LogP contribution is 2.15. The molecule has 248 valence electrons. The molecule has 2 aromatic rings. The van der Waals surface area contributed by atoms with E-state index < -0.39 is 34.6 Å². The molecular weight excluding hydrogens is 584 g/mol. The molecule has 0 fully saturated rings. The molecule has 2 rings (SSSR count). The first-order chi connectivity index (χ1) is 21.2. The van der Waals surface area contributed by atoms with Gasteiger partial charge in [0.2, 0.25) is 5.91 Å². The number of aliphatic hydroxyl groups is 1. The number of carbonyl (C=O) groups excluding carboxylic acids is 2. The van der Waals surface area contributed by atoms with E-state index in [2.05, 4.69) is 62.1 Å². The van der Waals surface area contributed by atoms with Crippen LogP contribution < -0.4 is 16.4 Å². The maximum atomic E-state index is 13.8. The molecule has 2 aromatic carbocycles. The number of benzene rings is 2. The number of aliphatic hydroxyl groups excluding tert-OH is 1. The Hall–Kier alpha value is -2.97. The van der Waals surface area contributed by atoms with E-state index in [4.69, 9.17) is 4.79 Å². The number of hydrogen-bond acceptors (Lipinski definition) is 6. The van der Waals surface area contributed by atoms with Crippen molar-refractivity contribution in [3.05, 3.63) is 70.8 Å². The van der Waals surface area contributed by atoms with Crippen LogP contribution in [0.4, 0.5) is 8.78 Å². The molecule has 0 bridgehead atoms. The van der Waals surface area contributed by atoms with Crippen molar-refractivity contribution >= 4 is 23.0 Å². The van der Waals surface area contributed by atoms with E-state index in [1.165, 1.54) is 31.7 Å². The highest BCUT2D eigenvalue weighted by atomic mass is 32.2. The van der Waals surface area contributed by atoms with E-state index >= 15 is 0 Å². The summed E-state index contributed by atoms with van der Waals surface area (Å²) in [5, 5.41) is 17.0. The van der Waals surface area contributed by atoms with Crippen LogP contribution in [0, 0.1) is 24.5 Å². The fourth-order valence-corrected chi connectivity index (χ4v) is 6.14. The number of carbonyl (C=O) groups is 2. The fraction of sp³-hybridized carbons (Fsp3) is 0.529. The zero-order valence-electron chi connectivity index (χ0n) is 27.0. The van der Waals surface area contributed by atoms with Crippen molar-refractivity contribution in [2.24, 2.45) is 5.73 Å². The van der Waals surface area contributed by atoms with Gasteiger partial charge in [0.25, 0.3) is 0 Å². The minimum Gasteiger partial charge on any atom is -0.390 e. The lowest BCUT2D eigenvalue weighted by molar-refractivity contribution is -0.122. The van der Waals surface area contributed by atoms with Gasteiger partial charge in [-0.05, 0) is 68.5 Å². The van der Waals surface area contributed by atoms with Crippen molar-refractivity contribution in [2.45, 2.75) is 96.6 Å². The van der Waals surface area contributed by atoms with Gasteiger partial charge >= 0.3 is 0 Å². The van der Waals surface area contributed by atoms with Crippen LogP contribution in [0.25, 0.3) is 0 Å². The molecule has 5 N–H and O–H groups in total. The van der Waals surface area contributed by atoms with Crippen LogP contribution in [-0.4, -0.2) is 58.2 Å². The van der Waals surface area contributed by atoms with E-state index in [1.807, 2.05) is 12.1 Å². The molecule has 0 spiro atoms. The molecule has 3 atom stereocenters. The normalized spacial score (nSPS) is 12.2. The van der Waals surface area contributed by atoms with Gasteiger partial charge in [-0.15, -0.1) is 12.8 Å². The largest absolute Gasteiger partial charge is 0.390 e. The quantitative estimate of drug-likeness (QED) is 0.146. The summed E-state index contributed by atoms with van der Waals surface area (Å²) < 4.78 is 40.3. The number of nitrogens with one attached hydrogen (secondary N) is 2. The van der Waals surface area contributed by atoms with Crippen LogP contribution in [0.5, 0.6) is 0 Å². The van der Waals surface area contributed by atoms with E-state index in [0.29, 0.717) is 12.1 Å². The van der Waals surface area contributed by atoms with E-state index in [9.17, 15) is 22.9 Å². The molecule has 0 aliphatic heterocycles. The fourth-order valence-electron chi connectivity index (χ4n) is 4.42. The van der Waals surface area contributed by atoms with Gasteiger partial charge in [0.15, 0.2) is 0 Å². The van der Waals surface area contributed by atoms with Crippen LogP contribution in [0.3, 0.4) is 0 Å². The van der Waals surface area contributed by atoms with Crippen molar-refractivity contribution in [2.75, 3.05) is 19.3 Å². The van der Waals surface area contributed by atoms with Gasteiger partial charge in [-0.25, -0.2) is 8.78 Å². The lowest BCUT2D eigenvalue weighted by Crippen LogP contribution is -2.49. The summed E-state index contributed by atoms with van der Waals surface area (Å²) in [5.74, 6) is -1.51. The molecule has 7 nitrogen and oxygen atoms in total. The smallest absolute Gasteiger partial charge is 0.221 e. The second kappa shape index (κ2) is 27.6. The summed E-state index contributed by atoms with van der Waals surface area (Å²) in [6.45, 7) is 8.36. The zero-order valence-corrected chi connectivity index (χ0v) is 27.8. The van der Waals surface area contributed by atoms with Crippen molar-refractivity contribution in [1.29, 1.82) is 0 Å². The molecule has 0 heterocycles.